The molecule has 0 amide bonds. The third kappa shape index (κ3) is 1.14. The van der Waals surface area contributed by atoms with Crippen LogP contribution in [0.4, 0.5) is 0 Å². The zero-order valence-corrected chi connectivity index (χ0v) is 8.28. The fourth-order valence-electron chi connectivity index (χ4n) is 1.69. The summed E-state index contributed by atoms with van der Waals surface area (Å²) in [5.41, 5.74) is 0.0146. The number of carboxylic acid groups (broad SMARTS) is 1. The minimum atomic E-state index is -0.795. The van der Waals surface area contributed by atoms with Gasteiger partial charge in [0.2, 0.25) is 0 Å². The Morgan fingerprint density at radius 3 is 2.71 bits per heavy atom. The Morgan fingerprint density at radius 1 is 1.64 bits per heavy atom. The van der Waals surface area contributed by atoms with Crippen LogP contribution in [-0.4, -0.2) is 16.1 Å². The molecule has 0 bridgehead atoms. The van der Waals surface area contributed by atoms with Crippen LogP contribution in [0.25, 0.3) is 0 Å². The van der Waals surface area contributed by atoms with Crippen LogP contribution < -0.4 is 0 Å². The van der Waals surface area contributed by atoms with Crippen LogP contribution in [-0.2, 0) is 10.2 Å². The third-order valence-electron chi connectivity index (χ3n) is 2.74. The van der Waals surface area contributed by atoms with Gasteiger partial charge in [-0.2, -0.15) is 0 Å². The molecule has 1 aromatic rings. The summed E-state index contributed by atoms with van der Waals surface area (Å²) in [7, 11) is 0. The lowest BCUT2D eigenvalue weighted by Crippen LogP contribution is -2.20. The number of rotatable bonds is 3. The minimum absolute atomic E-state index is 0.209. The highest BCUT2D eigenvalue weighted by Crippen LogP contribution is 2.50. The van der Waals surface area contributed by atoms with Crippen LogP contribution in [0, 0.1) is 0 Å². The molecular weight excluding hydrogens is 182 g/mol. The molecule has 1 heterocycles. The Labute approximate surface area is 81.9 Å². The van der Waals surface area contributed by atoms with Crippen molar-refractivity contribution in [2.75, 3.05) is 0 Å². The van der Waals surface area contributed by atoms with E-state index in [2.05, 4.69) is 4.98 Å². The number of aliphatic carboxylic acids is 1. The first kappa shape index (κ1) is 9.24. The van der Waals surface area contributed by atoms with Gasteiger partial charge in [-0.05, 0) is 18.8 Å². The lowest BCUT2D eigenvalue weighted by atomic mass is 9.97. The van der Waals surface area contributed by atoms with E-state index in [4.69, 9.17) is 9.52 Å². The van der Waals surface area contributed by atoms with Gasteiger partial charge in [-0.25, -0.2) is 4.98 Å². The quantitative estimate of drug-likeness (QED) is 0.800. The van der Waals surface area contributed by atoms with Crippen LogP contribution in [0.5, 0.6) is 0 Å². The number of aromatic nitrogens is 1. The summed E-state index contributed by atoms with van der Waals surface area (Å²) in [6.07, 6.45) is 2.67. The molecule has 1 aliphatic rings. The topological polar surface area (TPSA) is 63.3 Å². The second kappa shape index (κ2) is 2.83. The summed E-state index contributed by atoms with van der Waals surface area (Å²) in [5.74, 6) is -0.0308. The molecule has 1 aromatic heterocycles. The summed E-state index contributed by atoms with van der Waals surface area (Å²) in [4.78, 5) is 15.1. The Bertz CT molecular complexity index is 363. The molecule has 0 aliphatic heterocycles. The van der Waals surface area contributed by atoms with Crippen molar-refractivity contribution in [2.45, 2.75) is 38.0 Å². The SMILES string of the molecule is CC(C)c1ncoc1C1(C(=O)O)CC1. The molecule has 2 rings (SSSR count). The molecule has 0 atom stereocenters. The number of hydrogen-bond donors (Lipinski definition) is 1. The van der Waals surface area contributed by atoms with Crippen molar-refractivity contribution >= 4 is 5.97 Å². The maximum absolute atomic E-state index is 11.1. The van der Waals surface area contributed by atoms with Gasteiger partial charge in [0.15, 0.2) is 6.39 Å². The zero-order chi connectivity index (χ0) is 10.3. The Morgan fingerprint density at radius 2 is 2.29 bits per heavy atom. The summed E-state index contributed by atoms with van der Waals surface area (Å²) in [5, 5.41) is 9.09. The fraction of sp³-hybridized carbons (Fsp3) is 0.600. The predicted octanol–water partition coefficient (Wildman–Crippen LogP) is 1.91. The van der Waals surface area contributed by atoms with E-state index in [0.717, 1.165) is 5.69 Å². The number of nitrogens with zero attached hydrogens (tertiary/aromatic N) is 1. The molecule has 1 saturated carbocycles. The molecule has 0 unspecified atom stereocenters. The highest BCUT2D eigenvalue weighted by atomic mass is 16.4. The van der Waals surface area contributed by atoms with E-state index in [9.17, 15) is 4.79 Å². The first-order valence-electron chi connectivity index (χ1n) is 4.75. The minimum Gasteiger partial charge on any atom is -0.480 e. The average Bonchev–Trinajstić information content (AvgIpc) is 2.77. The lowest BCUT2D eigenvalue weighted by Gasteiger charge is -2.09. The molecule has 4 nitrogen and oxygen atoms in total. The maximum atomic E-state index is 11.1. The normalized spacial score (nSPS) is 18.5. The van der Waals surface area contributed by atoms with Crippen molar-refractivity contribution in [3.05, 3.63) is 17.8 Å². The highest BCUT2D eigenvalue weighted by molar-refractivity contribution is 5.84. The van der Waals surface area contributed by atoms with Crippen molar-refractivity contribution in [1.29, 1.82) is 0 Å². The monoisotopic (exact) mass is 195 g/mol. The van der Waals surface area contributed by atoms with Gasteiger partial charge in [0.25, 0.3) is 0 Å². The molecule has 0 saturated heterocycles. The summed E-state index contributed by atoms with van der Waals surface area (Å²) in [6.45, 7) is 3.97. The molecule has 0 aromatic carbocycles. The van der Waals surface area contributed by atoms with E-state index in [-0.39, 0.29) is 5.92 Å². The molecule has 14 heavy (non-hydrogen) atoms. The van der Waals surface area contributed by atoms with E-state index in [1.807, 2.05) is 13.8 Å². The van der Waals surface area contributed by atoms with E-state index in [1.165, 1.54) is 6.39 Å². The molecular formula is C10H13NO3. The number of carboxylic acids is 1. The highest BCUT2D eigenvalue weighted by Gasteiger charge is 2.56. The van der Waals surface area contributed by atoms with Crippen LogP contribution in [0.3, 0.4) is 0 Å². The van der Waals surface area contributed by atoms with Crippen LogP contribution >= 0.6 is 0 Å². The fourth-order valence-corrected chi connectivity index (χ4v) is 1.69. The number of carbonyl (C=O) groups is 1. The average molecular weight is 195 g/mol. The van der Waals surface area contributed by atoms with E-state index in [0.29, 0.717) is 18.6 Å². The molecule has 76 valence electrons. The zero-order valence-electron chi connectivity index (χ0n) is 8.28. The van der Waals surface area contributed by atoms with Crippen LogP contribution in [0.1, 0.15) is 44.1 Å². The molecule has 1 N–H and O–H groups in total. The Kier molecular flexibility index (Phi) is 1.87. The van der Waals surface area contributed by atoms with Crippen molar-refractivity contribution in [3.63, 3.8) is 0 Å². The molecule has 4 heteroatoms. The second-order valence-electron chi connectivity index (χ2n) is 4.11. The second-order valence-corrected chi connectivity index (χ2v) is 4.11. The van der Waals surface area contributed by atoms with Crippen molar-refractivity contribution < 1.29 is 14.3 Å². The van der Waals surface area contributed by atoms with E-state index in [1.54, 1.807) is 0 Å². The maximum Gasteiger partial charge on any atom is 0.317 e. The van der Waals surface area contributed by atoms with Gasteiger partial charge in [0.05, 0.1) is 5.69 Å². The third-order valence-corrected chi connectivity index (χ3v) is 2.74. The molecule has 0 radical (unpaired) electrons. The van der Waals surface area contributed by atoms with Gasteiger partial charge in [-0.1, -0.05) is 13.8 Å². The summed E-state index contributed by atoms with van der Waals surface area (Å²) < 4.78 is 5.22. The Hall–Kier alpha value is -1.32. The molecule has 1 fully saturated rings. The number of oxazole rings is 1. The summed E-state index contributed by atoms with van der Waals surface area (Å²) in [6, 6.07) is 0. The van der Waals surface area contributed by atoms with Gasteiger partial charge in [-0.3, -0.25) is 4.79 Å². The van der Waals surface area contributed by atoms with E-state index < -0.39 is 11.4 Å². The van der Waals surface area contributed by atoms with Crippen LogP contribution in [0.2, 0.25) is 0 Å². The van der Waals surface area contributed by atoms with Crippen molar-refractivity contribution in [1.82, 2.24) is 4.98 Å². The first-order valence-corrected chi connectivity index (χ1v) is 4.75. The lowest BCUT2D eigenvalue weighted by molar-refractivity contribution is -0.140. The predicted molar refractivity (Wildman–Crippen MR) is 49.1 cm³/mol. The van der Waals surface area contributed by atoms with Gasteiger partial charge in [0, 0.05) is 0 Å². The van der Waals surface area contributed by atoms with Gasteiger partial charge < -0.3 is 9.52 Å². The van der Waals surface area contributed by atoms with Crippen molar-refractivity contribution in [2.24, 2.45) is 0 Å². The standard InChI is InChI=1S/C10H13NO3/c1-6(2)7-8(14-5-11-7)10(3-4-10)9(12)13/h5-6H,3-4H2,1-2H3,(H,12,13). The summed E-state index contributed by atoms with van der Waals surface area (Å²) >= 11 is 0. The van der Waals surface area contributed by atoms with Gasteiger partial charge in [-0.15, -0.1) is 0 Å². The smallest absolute Gasteiger partial charge is 0.317 e. The van der Waals surface area contributed by atoms with E-state index >= 15 is 0 Å². The largest absolute Gasteiger partial charge is 0.480 e. The van der Waals surface area contributed by atoms with Crippen LogP contribution in [0.15, 0.2) is 10.8 Å². The molecule has 1 aliphatic carbocycles. The van der Waals surface area contributed by atoms with Gasteiger partial charge in [0.1, 0.15) is 11.2 Å². The van der Waals surface area contributed by atoms with Gasteiger partial charge >= 0.3 is 5.97 Å². The Balaban J connectivity index is 2.42. The number of hydrogen-bond acceptors (Lipinski definition) is 3. The first-order chi connectivity index (χ1) is 6.58. The molecule has 0 spiro atoms. The van der Waals surface area contributed by atoms with Crippen molar-refractivity contribution in [3.8, 4) is 0 Å².